The molecule has 0 bridgehead atoms. The van der Waals surface area contributed by atoms with Gasteiger partial charge in [-0.15, -0.1) is 0 Å². The van der Waals surface area contributed by atoms with Crippen LogP contribution in [0.15, 0.2) is 30.3 Å². The van der Waals surface area contributed by atoms with Crippen molar-refractivity contribution in [1.29, 1.82) is 0 Å². The van der Waals surface area contributed by atoms with Crippen molar-refractivity contribution < 1.29 is 4.79 Å². The van der Waals surface area contributed by atoms with Gasteiger partial charge in [0.2, 0.25) is 5.91 Å². The Bertz CT molecular complexity index is 425. The fraction of sp³-hybridized carbons (Fsp3) is 0.500. The van der Waals surface area contributed by atoms with E-state index in [4.69, 9.17) is 5.73 Å². The number of hydrogen-bond donors (Lipinski definition) is 1. The molecule has 0 spiro atoms. The molecule has 1 aromatic rings. The van der Waals surface area contributed by atoms with Crippen LogP contribution in [-0.4, -0.2) is 29.9 Å². The van der Waals surface area contributed by atoms with Gasteiger partial charge in [0.1, 0.15) is 0 Å². The van der Waals surface area contributed by atoms with Gasteiger partial charge < -0.3 is 10.6 Å². The van der Waals surface area contributed by atoms with E-state index < -0.39 is 0 Å². The summed E-state index contributed by atoms with van der Waals surface area (Å²) in [5.41, 5.74) is 6.83. The Kier molecular flexibility index (Phi) is 2.44. The maximum absolute atomic E-state index is 12.5. The molecule has 2 aliphatic rings. The van der Waals surface area contributed by atoms with Crippen LogP contribution in [-0.2, 0) is 10.2 Å². The maximum Gasteiger partial charge on any atom is 0.233 e. The van der Waals surface area contributed by atoms with Crippen LogP contribution in [0.25, 0.3) is 0 Å². The standard InChI is InChI=1S/C14H18N2O/c15-12-6-9-16(10-12)13(17)14(7-8-14)11-4-2-1-3-5-11/h1-5,12H,6-10,15H2/t12-/m0/s1. The summed E-state index contributed by atoms with van der Waals surface area (Å²) in [7, 11) is 0. The second-order valence-electron chi connectivity index (χ2n) is 5.25. The van der Waals surface area contributed by atoms with E-state index in [2.05, 4.69) is 12.1 Å². The van der Waals surface area contributed by atoms with Crippen LogP contribution in [0, 0.1) is 0 Å². The average Bonchev–Trinajstić information content (AvgIpc) is 3.07. The largest absolute Gasteiger partial charge is 0.340 e. The first kappa shape index (κ1) is 10.8. The molecule has 1 aromatic carbocycles. The number of carbonyl (C=O) groups is 1. The summed E-state index contributed by atoms with van der Waals surface area (Å²) in [6.07, 6.45) is 2.92. The summed E-state index contributed by atoms with van der Waals surface area (Å²) in [4.78, 5) is 14.5. The summed E-state index contributed by atoms with van der Waals surface area (Å²) in [5, 5.41) is 0. The van der Waals surface area contributed by atoms with Crippen molar-refractivity contribution in [3.05, 3.63) is 35.9 Å². The molecule has 0 radical (unpaired) electrons. The summed E-state index contributed by atoms with van der Waals surface area (Å²) < 4.78 is 0. The SMILES string of the molecule is N[C@H]1CCN(C(=O)C2(c3ccccc3)CC2)C1. The normalized spacial score (nSPS) is 25.9. The van der Waals surface area contributed by atoms with E-state index >= 15 is 0 Å². The van der Waals surface area contributed by atoms with Gasteiger partial charge in [0.05, 0.1) is 5.41 Å². The lowest BCUT2D eigenvalue weighted by Gasteiger charge is -2.23. The molecular formula is C14H18N2O. The minimum Gasteiger partial charge on any atom is -0.340 e. The molecule has 3 rings (SSSR count). The van der Waals surface area contributed by atoms with E-state index in [1.807, 2.05) is 23.1 Å². The number of hydrogen-bond acceptors (Lipinski definition) is 2. The average molecular weight is 230 g/mol. The van der Waals surface area contributed by atoms with Crippen LogP contribution in [0.3, 0.4) is 0 Å². The maximum atomic E-state index is 12.5. The molecule has 3 nitrogen and oxygen atoms in total. The lowest BCUT2D eigenvalue weighted by atomic mass is 9.94. The third-order valence-corrected chi connectivity index (χ3v) is 4.00. The Labute approximate surface area is 102 Å². The molecule has 0 unspecified atom stereocenters. The van der Waals surface area contributed by atoms with E-state index in [-0.39, 0.29) is 17.4 Å². The molecule has 2 N–H and O–H groups in total. The summed E-state index contributed by atoms with van der Waals surface area (Å²) in [6, 6.07) is 10.3. The highest BCUT2D eigenvalue weighted by Crippen LogP contribution is 2.49. The molecule has 1 atom stereocenters. The van der Waals surface area contributed by atoms with Crippen molar-refractivity contribution in [2.75, 3.05) is 13.1 Å². The highest BCUT2D eigenvalue weighted by molar-refractivity contribution is 5.91. The van der Waals surface area contributed by atoms with Crippen LogP contribution < -0.4 is 5.73 Å². The van der Waals surface area contributed by atoms with Crippen LogP contribution >= 0.6 is 0 Å². The fourth-order valence-corrected chi connectivity index (χ4v) is 2.78. The number of rotatable bonds is 2. The molecule has 17 heavy (non-hydrogen) atoms. The van der Waals surface area contributed by atoms with E-state index in [0.717, 1.165) is 32.4 Å². The number of carbonyl (C=O) groups excluding carboxylic acids is 1. The topological polar surface area (TPSA) is 46.3 Å². The van der Waals surface area contributed by atoms with Gasteiger partial charge in [0.25, 0.3) is 0 Å². The van der Waals surface area contributed by atoms with Crippen molar-refractivity contribution in [1.82, 2.24) is 4.90 Å². The first-order valence-corrected chi connectivity index (χ1v) is 6.33. The van der Waals surface area contributed by atoms with Gasteiger partial charge in [0, 0.05) is 19.1 Å². The Balaban J connectivity index is 1.82. The number of benzene rings is 1. The summed E-state index contributed by atoms with van der Waals surface area (Å²) in [6.45, 7) is 1.56. The summed E-state index contributed by atoms with van der Waals surface area (Å²) in [5.74, 6) is 0.289. The molecule has 1 heterocycles. The van der Waals surface area contributed by atoms with Crippen molar-refractivity contribution in [2.45, 2.75) is 30.7 Å². The predicted molar refractivity (Wildman–Crippen MR) is 66.5 cm³/mol. The molecule has 3 heteroatoms. The van der Waals surface area contributed by atoms with Gasteiger partial charge >= 0.3 is 0 Å². The molecule has 90 valence electrons. The van der Waals surface area contributed by atoms with Crippen molar-refractivity contribution in [3.63, 3.8) is 0 Å². The van der Waals surface area contributed by atoms with Crippen molar-refractivity contribution >= 4 is 5.91 Å². The van der Waals surface area contributed by atoms with Crippen molar-refractivity contribution in [2.24, 2.45) is 5.73 Å². The monoisotopic (exact) mass is 230 g/mol. The summed E-state index contributed by atoms with van der Waals surface area (Å²) >= 11 is 0. The third-order valence-electron chi connectivity index (χ3n) is 4.00. The molecule has 1 saturated heterocycles. The Morgan fingerprint density at radius 3 is 2.53 bits per heavy atom. The Hall–Kier alpha value is -1.35. The van der Waals surface area contributed by atoms with Crippen LogP contribution in [0.5, 0.6) is 0 Å². The number of likely N-dealkylation sites (tertiary alicyclic amines) is 1. The zero-order valence-electron chi connectivity index (χ0n) is 9.93. The lowest BCUT2D eigenvalue weighted by Crippen LogP contribution is -2.39. The van der Waals surface area contributed by atoms with E-state index in [9.17, 15) is 4.79 Å². The second kappa shape index (κ2) is 3.84. The van der Waals surface area contributed by atoms with E-state index in [1.165, 1.54) is 5.56 Å². The van der Waals surface area contributed by atoms with Gasteiger partial charge in [0.15, 0.2) is 0 Å². The zero-order chi connectivity index (χ0) is 11.9. The van der Waals surface area contributed by atoms with Gasteiger partial charge in [-0.25, -0.2) is 0 Å². The third kappa shape index (κ3) is 1.75. The molecule has 1 aliphatic heterocycles. The first-order chi connectivity index (χ1) is 8.22. The highest BCUT2D eigenvalue weighted by Gasteiger charge is 2.53. The molecule has 1 saturated carbocycles. The Morgan fingerprint density at radius 2 is 2.00 bits per heavy atom. The lowest BCUT2D eigenvalue weighted by molar-refractivity contribution is -0.132. The predicted octanol–water partition coefficient (Wildman–Crippen LogP) is 1.28. The van der Waals surface area contributed by atoms with Crippen molar-refractivity contribution in [3.8, 4) is 0 Å². The minimum absolute atomic E-state index is 0.172. The van der Waals surface area contributed by atoms with E-state index in [0.29, 0.717) is 0 Å². The smallest absolute Gasteiger partial charge is 0.233 e. The molecule has 1 amide bonds. The number of nitrogens with zero attached hydrogens (tertiary/aromatic N) is 1. The molecule has 0 aromatic heterocycles. The van der Waals surface area contributed by atoms with Gasteiger partial charge in [-0.05, 0) is 24.8 Å². The van der Waals surface area contributed by atoms with Gasteiger partial charge in [-0.2, -0.15) is 0 Å². The zero-order valence-corrected chi connectivity index (χ0v) is 9.93. The van der Waals surface area contributed by atoms with Crippen LogP contribution in [0.4, 0.5) is 0 Å². The molecule has 1 aliphatic carbocycles. The highest BCUT2D eigenvalue weighted by atomic mass is 16.2. The number of amides is 1. The van der Waals surface area contributed by atoms with Crippen LogP contribution in [0.2, 0.25) is 0 Å². The fourth-order valence-electron chi connectivity index (χ4n) is 2.78. The van der Waals surface area contributed by atoms with Crippen LogP contribution in [0.1, 0.15) is 24.8 Å². The quantitative estimate of drug-likeness (QED) is 0.832. The van der Waals surface area contributed by atoms with Gasteiger partial charge in [-0.1, -0.05) is 30.3 Å². The number of nitrogens with two attached hydrogens (primary N) is 1. The second-order valence-corrected chi connectivity index (χ2v) is 5.25. The minimum atomic E-state index is -0.217. The Morgan fingerprint density at radius 1 is 1.29 bits per heavy atom. The van der Waals surface area contributed by atoms with Gasteiger partial charge in [-0.3, -0.25) is 4.79 Å². The molecule has 2 fully saturated rings. The first-order valence-electron chi connectivity index (χ1n) is 6.33. The molecular weight excluding hydrogens is 212 g/mol. The van der Waals surface area contributed by atoms with E-state index in [1.54, 1.807) is 0 Å².